The predicted octanol–water partition coefficient (Wildman–Crippen LogP) is 5.54. The fourth-order valence-corrected chi connectivity index (χ4v) is 4.24. The van der Waals surface area contributed by atoms with E-state index in [-0.39, 0.29) is 19.7 Å². The van der Waals surface area contributed by atoms with Crippen LogP contribution in [0.5, 0.6) is 11.5 Å². The maximum Gasteiger partial charge on any atom is 0.188 e. The first-order valence-electron chi connectivity index (χ1n) is 11.3. The highest BCUT2D eigenvalue weighted by molar-refractivity contribution is 6.10. The maximum absolute atomic E-state index is 6.24. The van der Waals surface area contributed by atoms with Gasteiger partial charge in [0.25, 0.3) is 0 Å². The minimum atomic E-state index is 0.114. The third-order valence-electron chi connectivity index (χ3n) is 5.84. The average molecular weight is 461 g/mol. The van der Waals surface area contributed by atoms with Gasteiger partial charge in [0.2, 0.25) is 0 Å². The van der Waals surface area contributed by atoms with Crippen LogP contribution in [0, 0.1) is 0 Å². The lowest BCUT2D eigenvalue weighted by atomic mass is 9.90. The molecule has 176 valence electrons. The molecule has 0 N–H and O–H groups in total. The fourth-order valence-electron chi connectivity index (χ4n) is 4.24. The number of ether oxygens (including phenoxy) is 6. The fraction of sp³-hybridized carbons (Fsp3) is 0.286. The average Bonchev–Trinajstić information content (AvgIpc) is 3.70. The van der Waals surface area contributed by atoms with Gasteiger partial charge in [0, 0.05) is 30.9 Å². The number of hydrogen-bond acceptors (Lipinski definition) is 6. The Morgan fingerprint density at radius 2 is 1.47 bits per heavy atom. The molecule has 0 aromatic heterocycles. The number of epoxide rings is 1. The van der Waals surface area contributed by atoms with E-state index in [1.165, 1.54) is 0 Å². The van der Waals surface area contributed by atoms with Crippen LogP contribution in [0.4, 0.5) is 0 Å². The molecule has 0 aliphatic carbocycles. The lowest BCUT2D eigenvalue weighted by molar-refractivity contribution is 0.0471. The zero-order chi connectivity index (χ0) is 23.3. The highest BCUT2D eigenvalue weighted by Gasteiger charge is 2.25. The van der Waals surface area contributed by atoms with E-state index in [4.69, 9.17) is 28.4 Å². The first-order chi connectivity index (χ1) is 16.8. The van der Waals surface area contributed by atoms with E-state index in [1.54, 1.807) is 14.2 Å². The van der Waals surface area contributed by atoms with Crippen molar-refractivity contribution in [2.75, 3.05) is 41.0 Å². The molecule has 0 unspecified atom stereocenters. The molecule has 4 aromatic rings. The zero-order valence-corrected chi connectivity index (χ0v) is 19.4. The molecule has 0 radical (unpaired) electrons. The third kappa shape index (κ3) is 4.72. The molecule has 1 aliphatic rings. The summed E-state index contributed by atoms with van der Waals surface area (Å²) in [6, 6.07) is 22.7. The number of benzene rings is 4. The standard InChI is InChI=1S/C28H28O6/c1-29-17-33-25-12-11-19-7-3-5-9-23(19)26(25)27-24-10-6-4-8-20(24)13-21(28(27)34-18-30-2)14-31-15-22-16-32-22/h3-13,22H,14-18H2,1-2H3/t22-/m1/s1. The Labute approximate surface area is 198 Å². The molecule has 1 fully saturated rings. The van der Waals surface area contributed by atoms with Crippen molar-refractivity contribution in [1.29, 1.82) is 0 Å². The SMILES string of the molecule is COCOc1ccc2ccccc2c1-c1c(OCOC)c(COC[C@@H]2CO2)cc2ccccc12. The molecule has 1 atom stereocenters. The molecule has 0 saturated carbocycles. The van der Waals surface area contributed by atoms with Gasteiger partial charge >= 0.3 is 0 Å². The van der Waals surface area contributed by atoms with Crippen LogP contribution in [-0.4, -0.2) is 47.1 Å². The van der Waals surface area contributed by atoms with Crippen molar-refractivity contribution in [2.45, 2.75) is 12.7 Å². The summed E-state index contributed by atoms with van der Waals surface area (Å²) in [5.41, 5.74) is 2.83. The quantitative estimate of drug-likeness (QED) is 0.216. The first kappa shape index (κ1) is 22.6. The minimum Gasteiger partial charge on any atom is -0.467 e. The first-order valence-corrected chi connectivity index (χ1v) is 11.3. The van der Waals surface area contributed by atoms with Gasteiger partial charge in [-0.15, -0.1) is 0 Å². The molecule has 1 heterocycles. The summed E-state index contributed by atoms with van der Waals surface area (Å²) >= 11 is 0. The van der Waals surface area contributed by atoms with Crippen molar-refractivity contribution in [3.05, 3.63) is 72.3 Å². The Hall–Kier alpha value is -3.16. The van der Waals surface area contributed by atoms with Crippen LogP contribution < -0.4 is 9.47 Å². The summed E-state index contributed by atoms with van der Waals surface area (Å²) < 4.78 is 34.1. The molecule has 4 aromatic carbocycles. The second-order valence-electron chi connectivity index (χ2n) is 8.19. The van der Waals surface area contributed by atoms with E-state index >= 15 is 0 Å². The van der Waals surface area contributed by atoms with Crippen LogP contribution in [0.1, 0.15) is 5.56 Å². The van der Waals surface area contributed by atoms with Gasteiger partial charge in [0.15, 0.2) is 13.6 Å². The monoisotopic (exact) mass is 460 g/mol. The van der Waals surface area contributed by atoms with Crippen LogP contribution >= 0.6 is 0 Å². The summed E-state index contributed by atoms with van der Waals surface area (Å²) in [4.78, 5) is 0. The molecule has 0 bridgehead atoms. The lowest BCUT2D eigenvalue weighted by Crippen LogP contribution is -2.08. The number of hydrogen-bond donors (Lipinski definition) is 0. The summed E-state index contributed by atoms with van der Waals surface area (Å²) in [5.74, 6) is 1.44. The molecule has 34 heavy (non-hydrogen) atoms. The molecule has 6 heteroatoms. The molecule has 0 amide bonds. The van der Waals surface area contributed by atoms with E-state index in [0.29, 0.717) is 13.2 Å². The van der Waals surface area contributed by atoms with E-state index < -0.39 is 0 Å². The van der Waals surface area contributed by atoms with Gasteiger partial charge in [0.1, 0.15) is 17.6 Å². The zero-order valence-electron chi connectivity index (χ0n) is 19.4. The van der Waals surface area contributed by atoms with Crippen molar-refractivity contribution in [2.24, 2.45) is 0 Å². The van der Waals surface area contributed by atoms with Crippen LogP contribution in [0.3, 0.4) is 0 Å². The molecular weight excluding hydrogens is 432 g/mol. The second-order valence-corrected chi connectivity index (χ2v) is 8.19. The van der Waals surface area contributed by atoms with Gasteiger partial charge in [-0.25, -0.2) is 0 Å². The van der Waals surface area contributed by atoms with Gasteiger partial charge in [-0.2, -0.15) is 0 Å². The molecule has 6 nitrogen and oxygen atoms in total. The highest BCUT2D eigenvalue weighted by atomic mass is 16.7. The van der Waals surface area contributed by atoms with E-state index in [2.05, 4.69) is 36.4 Å². The van der Waals surface area contributed by atoms with Gasteiger partial charge in [-0.1, -0.05) is 54.6 Å². The Bertz CT molecular complexity index is 1280. The van der Waals surface area contributed by atoms with Crippen molar-refractivity contribution in [3.8, 4) is 22.6 Å². The minimum absolute atomic E-state index is 0.114. The number of methoxy groups -OCH3 is 2. The van der Waals surface area contributed by atoms with Crippen molar-refractivity contribution in [3.63, 3.8) is 0 Å². The Morgan fingerprint density at radius 3 is 2.21 bits per heavy atom. The highest BCUT2D eigenvalue weighted by Crippen LogP contribution is 2.47. The largest absolute Gasteiger partial charge is 0.467 e. The van der Waals surface area contributed by atoms with Crippen molar-refractivity contribution in [1.82, 2.24) is 0 Å². The Kier molecular flexibility index (Phi) is 6.92. The maximum atomic E-state index is 6.24. The molecule has 1 saturated heterocycles. The normalized spacial score (nSPS) is 15.1. The van der Waals surface area contributed by atoms with Crippen LogP contribution in [0.25, 0.3) is 32.7 Å². The van der Waals surface area contributed by atoms with Crippen molar-refractivity contribution >= 4 is 21.5 Å². The summed E-state index contributed by atoms with van der Waals surface area (Å²) in [6.45, 7) is 1.97. The van der Waals surface area contributed by atoms with Crippen LogP contribution in [0.15, 0.2) is 66.7 Å². The topological polar surface area (TPSA) is 58.7 Å². The van der Waals surface area contributed by atoms with E-state index in [1.807, 2.05) is 30.3 Å². The van der Waals surface area contributed by atoms with Crippen LogP contribution in [0.2, 0.25) is 0 Å². The molecule has 5 rings (SSSR count). The van der Waals surface area contributed by atoms with Gasteiger partial charge in [0.05, 0.1) is 19.8 Å². The van der Waals surface area contributed by atoms with Gasteiger partial charge in [-0.3, -0.25) is 0 Å². The smallest absolute Gasteiger partial charge is 0.188 e. The second kappa shape index (κ2) is 10.4. The predicted molar refractivity (Wildman–Crippen MR) is 131 cm³/mol. The number of rotatable bonds is 11. The van der Waals surface area contributed by atoms with E-state index in [0.717, 1.165) is 56.3 Å². The summed E-state index contributed by atoms with van der Waals surface area (Å²) in [5, 5.41) is 4.32. The van der Waals surface area contributed by atoms with Gasteiger partial charge in [-0.05, 0) is 33.7 Å². The number of fused-ring (bicyclic) bond motifs is 2. The molecule has 0 spiro atoms. The Balaban J connectivity index is 1.76. The third-order valence-corrected chi connectivity index (χ3v) is 5.84. The lowest BCUT2D eigenvalue weighted by Gasteiger charge is -2.22. The van der Waals surface area contributed by atoms with Gasteiger partial charge < -0.3 is 28.4 Å². The Morgan fingerprint density at radius 1 is 0.794 bits per heavy atom. The summed E-state index contributed by atoms with van der Waals surface area (Å²) in [6.07, 6.45) is 0.190. The van der Waals surface area contributed by atoms with E-state index in [9.17, 15) is 0 Å². The summed E-state index contributed by atoms with van der Waals surface area (Å²) in [7, 11) is 3.23. The van der Waals surface area contributed by atoms with Crippen molar-refractivity contribution < 1.29 is 28.4 Å². The molecule has 1 aliphatic heterocycles. The molecular formula is C28H28O6. The van der Waals surface area contributed by atoms with Crippen LogP contribution in [-0.2, 0) is 25.6 Å².